The van der Waals surface area contributed by atoms with Crippen LogP contribution >= 0.6 is 0 Å². The number of alkyl halides is 3. The largest absolute Gasteiger partial charge is 0.405 e. The average molecular weight is 184 g/mol. The second-order valence-electron chi connectivity index (χ2n) is 3.02. The molecule has 0 bridgehead atoms. The van der Waals surface area contributed by atoms with Gasteiger partial charge in [0.25, 0.3) is 0 Å². The first kappa shape index (κ1) is 11.7. The second-order valence-corrected chi connectivity index (χ2v) is 3.02. The highest BCUT2D eigenvalue weighted by atomic mass is 19.4. The fraction of sp³-hybridized carbons (Fsp3) is 1.00. The Balaban J connectivity index is 4.44. The lowest BCUT2D eigenvalue weighted by atomic mass is 10.1. The summed E-state index contributed by atoms with van der Waals surface area (Å²) >= 11 is 0. The Hall–Kier alpha value is -0.290. The first-order valence-electron chi connectivity index (χ1n) is 3.79. The number of likely N-dealkylation sites (N-methyl/N-ethyl adjacent to an activating group) is 1. The maximum Gasteiger partial charge on any atom is 0.405 e. The summed E-state index contributed by atoms with van der Waals surface area (Å²) in [7, 11) is 2.77. The predicted octanol–water partition coefficient (Wildman–Crippen LogP) is 1.22. The molecular formula is C7H15F3N2. The Labute approximate surface area is 70.5 Å². The van der Waals surface area contributed by atoms with Gasteiger partial charge in [-0.2, -0.15) is 13.2 Å². The van der Waals surface area contributed by atoms with Gasteiger partial charge in [0.1, 0.15) is 6.04 Å². The Morgan fingerprint density at radius 1 is 1.33 bits per heavy atom. The quantitative estimate of drug-likeness (QED) is 0.714. The summed E-state index contributed by atoms with van der Waals surface area (Å²) in [6.07, 6.45) is -3.92. The minimum Gasteiger partial charge on any atom is -0.326 e. The third kappa shape index (κ3) is 2.98. The molecule has 0 aliphatic rings. The summed E-state index contributed by atoms with van der Waals surface area (Å²) in [5.41, 5.74) is 5.34. The Bertz CT molecular complexity index is 133. The van der Waals surface area contributed by atoms with Crippen molar-refractivity contribution >= 4 is 0 Å². The van der Waals surface area contributed by atoms with E-state index in [1.54, 1.807) is 6.92 Å². The lowest BCUT2D eigenvalue weighted by Crippen LogP contribution is -2.53. The first-order chi connectivity index (χ1) is 5.30. The van der Waals surface area contributed by atoms with Gasteiger partial charge in [-0.3, -0.25) is 4.90 Å². The van der Waals surface area contributed by atoms with Crippen molar-refractivity contribution < 1.29 is 13.2 Å². The molecule has 2 nitrogen and oxygen atoms in total. The SMILES string of the molecule is CCC(N)C(N(C)C)C(F)(F)F. The molecule has 0 aliphatic heterocycles. The molecule has 0 aromatic rings. The van der Waals surface area contributed by atoms with Gasteiger partial charge in [-0.25, -0.2) is 0 Å². The van der Waals surface area contributed by atoms with E-state index in [-0.39, 0.29) is 0 Å². The van der Waals surface area contributed by atoms with Crippen molar-refractivity contribution in [3.63, 3.8) is 0 Å². The van der Waals surface area contributed by atoms with E-state index in [4.69, 9.17) is 5.73 Å². The molecule has 12 heavy (non-hydrogen) atoms. The molecule has 0 heterocycles. The minimum atomic E-state index is -4.24. The van der Waals surface area contributed by atoms with E-state index >= 15 is 0 Å². The van der Waals surface area contributed by atoms with Crippen LogP contribution in [0.5, 0.6) is 0 Å². The van der Waals surface area contributed by atoms with Crippen LogP contribution in [0.2, 0.25) is 0 Å². The number of halogens is 3. The van der Waals surface area contributed by atoms with E-state index in [2.05, 4.69) is 0 Å². The number of hydrogen-bond donors (Lipinski definition) is 1. The zero-order valence-corrected chi connectivity index (χ0v) is 7.52. The highest BCUT2D eigenvalue weighted by Gasteiger charge is 2.44. The van der Waals surface area contributed by atoms with Crippen molar-refractivity contribution in [3.8, 4) is 0 Å². The highest BCUT2D eigenvalue weighted by molar-refractivity contribution is 4.84. The van der Waals surface area contributed by atoms with Crippen LogP contribution in [0.1, 0.15) is 13.3 Å². The number of rotatable bonds is 3. The van der Waals surface area contributed by atoms with Crippen LogP contribution in [0.3, 0.4) is 0 Å². The van der Waals surface area contributed by atoms with Gasteiger partial charge in [-0.1, -0.05) is 6.92 Å². The molecule has 0 rings (SSSR count). The molecule has 2 unspecified atom stereocenters. The highest BCUT2D eigenvalue weighted by Crippen LogP contribution is 2.25. The molecule has 2 N–H and O–H groups in total. The number of nitrogens with two attached hydrogens (primary N) is 1. The monoisotopic (exact) mass is 184 g/mol. The molecule has 0 spiro atoms. The summed E-state index contributed by atoms with van der Waals surface area (Å²) in [4.78, 5) is 1.11. The van der Waals surface area contributed by atoms with Gasteiger partial charge in [-0.05, 0) is 20.5 Å². The Kier molecular flexibility index (Phi) is 3.99. The van der Waals surface area contributed by atoms with Gasteiger partial charge in [0, 0.05) is 6.04 Å². The summed E-state index contributed by atoms with van der Waals surface area (Å²) in [5.74, 6) is 0. The van der Waals surface area contributed by atoms with Crippen LogP contribution < -0.4 is 5.73 Å². The van der Waals surface area contributed by atoms with Gasteiger partial charge in [0.05, 0.1) is 0 Å². The Morgan fingerprint density at radius 3 is 1.83 bits per heavy atom. The van der Waals surface area contributed by atoms with Crippen LogP contribution in [0.4, 0.5) is 13.2 Å². The maximum absolute atomic E-state index is 12.3. The zero-order chi connectivity index (χ0) is 9.94. The molecule has 0 amide bonds. The first-order valence-corrected chi connectivity index (χ1v) is 3.79. The van der Waals surface area contributed by atoms with E-state index in [0.717, 1.165) is 4.90 Å². The fourth-order valence-electron chi connectivity index (χ4n) is 1.14. The van der Waals surface area contributed by atoms with Crippen molar-refractivity contribution in [2.24, 2.45) is 5.73 Å². The van der Waals surface area contributed by atoms with Crippen molar-refractivity contribution in [2.45, 2.75) is 31.6 Å². The van der Waals surface area contributed by atoms with Gasteiger partial charge in [-0.15, -0.1) is 0 Å². The summed E-state index contributed by atoms with van der Waals surface area (Å²) in [6, 6.07) is -2.39. The minimum absolute atomic E-state index is 0.322. The second kappa shape index (κ2) is 4.09. The van der Waals surface area contributed by atoms with Crippen molar-refractivity contribution in [2.75, 3.05) is 14.1 Å². The van der Waals surface area contributed by atoms with Gasteiger partial charge in [0.2, 0.25) is 0 Å². The molecule has 74 valence electrons. The molecule has 2 atom stereocenters. The normalized spacial score (nSPS) is 18.0. The summed E-state index contributed by atoms with van der Waals surface area (Å²) in [6.45, 7) is 1.65. The van der Waals surface area contributed by atoms with Crippen LogP contribution in [-0.2, 0) is 0 Å². The predicted molar refractivity (Wildman–Crippen MR) is 41.8 cm³/mol. The van der Waals surface area contributed by atoms with Crippen LogP contribution in [0.15, 0.2) is 0 Å². The zero-order valence-electron chi connectivity index (χ0n) is 7.52. The molecular weight excluding hydrogens is 169 g/mol. The topological polar surface area (TPSA) is 29.3 Å². The average Bonchev–Trinajstić information content (AvgIpc) is 1.83. The molecule has 0 aliphatic carbocycles. The molecule has 0 saturated heterocycles. The molecule has 0 aromatic heterocycles. The van der Waals surface area contributed by atoms with E-state index in [1.165, 1.54) is 14.1 Å². The summed E-state index contributed by atoms with van der Waals surface area (Å²) in [5, 5.41) is 0. The van der Waals surface area contributed by atoms with Crippen LogP contribution in [0, 0.1) is 0 Å². The van der Waals surface area contributed by atoms with Crippen molar-refractivity contribution in [1.29, 1.82) is 0 Å². The molecule has 0 fully saturated rings. The molecule has 0 aromatic carbocycles. The van der Waals surface area contributed by atoms with Gasteiger partial charge in [0.15, 0.2) is 0 Å². The molecule has 0 saturated carbocycles. The van der Waals surface area contributed by atoms with Crippen LogP contribution in [-0.4, -0.2) is 37.3 Å². The maximum atomic E-state index is 12.3. The molecule has 5 heteroatoms. The van der Waals surface area contributed by atoms with Crippen LogP contribution in [0.25, 0.3) is 0 Å². The third-order valence-corrected chi connectivity index (χ3v) is 1.77. The van der Waals surface area contributed by atoms with E-state index in [1.807, 2.05) is 0 Å². The smallest absolute Gasteiger partial charge is 0.326 e. The van der Waals surface area contributed by atoms with E-state index in [0.29, 0.717) is 6.42 Å². The Morgan fingerprint density at radius 2 is 1.75 bits per heavy atom. The lowest BCUT2D eigenvalue weighted by molar-refractivity contribution is -0.182. The van der Waals surface area contributed by atoms with Crippen molar-refractivity contribution in [3.05, 3.63) is 0 Å². The summed E-state index contributed by atoms with van der Waals surface area (Å²) < 4.78 is 36.9. The number of nitrogens with zero attached hydrogens (tertiary/aromatic N) is 1. The standard InChI is InChI=1S/C7H15F3N2/c1-4-5(11)6(12(2)3)7(8,9)10/h5-6H,4,11H2,1-3H3. The van der Waals surface area contributed by atoms with E-state index in [9.17, 15) is 13.2 Å². The lowest BCUT2D eigenvalue weighted by Gasteiger charge is -2.30. The van der Waals surface area contributed by atoms with Crippen molar-refractivity contribution in [1.82, 2.24) is 4.90 Å². The third-order valence-electron chi connectivity index (χ3n) is 1.77. The molecule has 0 radical (unpaired) electrons. The van der Waals surface area contributed by atoms with Gasteiger partial charge < -0.3 is 5.73 Å². The van der Waals surface area contributed by atoms with Gasteiger partial charge >= 0.3 is 6.18 Å². The van der Waals surface area contributed by atoms with E-state index < -0.39 is 18.3 Å². The fourth-order valence-corrected chi connectivity index (χ4v) is 1.14. The number of hydrogen-bond acceptors (Lipinski definition) is 2.